The summed E-state index contributed by atoms with van der Waals surface area (Å²) in [6.07, 6.45) is 1.39. The number of fused-ring (bicyclic) bond motifs is 1. The summed E-state index contributed by atoms with van der Waals surface area (Å²) in [6, 6.07) is 18.1. The van der Waals surface area contributed by atoms with Crippen LogP contribution in [0, 0.1) is 0 Å². The molecule has 0 bridgehead atoms. The molecule has 5 rings (SSSR count). The van der Waals surface area contributed by atoms with E-state index in [1.165, 1.54) is 11.3 Å². The van der Waals surface area contributed by atoms with Gasteiger partial charge in [-0.05, 0) is 62.7 Å². The van der Waals surface area contributed by atoms with Gasteiger partial charge in [0, 0.05) is 16.1 Å². The van der Waals surface area contributed by atoms with Gasteiger partial charge in [0.25, 0.3) is 5.56 Å². The molecule has 1 aliphatic heterocycles. The first kappa shape index (κ1) is 25.9. The Bertz CT molecular complexity index is 1730. The number of benzene rings is 2. The Labute approximate surface area is 231 Å². The predicted octanol–water partition coefficient (Wildman–Crippen LogP) is 5.22. The summed E-state index contributed by atoms with van der Waals surface area (Å²) in [4.78, 5) is 32.1. The Morgan fingerprint density at radius 3 is 2.61 bits per heavy atom. The second-order valence-corrected chi connectivity index (χ2v) is 10.9. The topological polar surface area (TPSA) is 83.0 Å². The van der Waals surface area contributed by atoms with Crippen LogP contribution in [0.25, 0.3) is 17.4 Å². The van der Waals surface area contributed by atoms with Crippen molar-refractivity contribution in [3.63, 3.8) is 0 Å². The van der Waals surface area contributed by atoms with Crippen LogP contribution in [0.1, 0.15) is 38.1 Å². The number of rotatable bonds is 6. The Balaban J connectivity index is 1.63. The molecule has 9 heteroatoms. The highest BCUT2D eigenvalue weighted by molar-refractivity contribution is 9.10. The summed E-state index contributed by atoms with van der Waals surface area (Å²) >= 11 is 4.73. The number of furan rings is 1. The van der Waals surface area contributed by atoms with Gasteiger partial charge < -0.3 is 13.9 Å². The molecular formula is C29H25BrN2O5S. The van der Waals surface area contributed by atoms with E-state index in [4.69, 9.17) is 13.9 Å². The van der Waals surface area contributed by atoms with Crippen molar-refractivity contribution in [2.45, 2.75) is 32.9 Å². The molecule has 0 saturated carbocycles. The normalized spacial score (nSPS) is 15.4. The van der Waals surface area contributed by atoms with E-state index < -0.39 is 12.0 Å². The quantitative estimate of drug-likeness (QED) is 0.287. The molecule has 7 nitrogen and oxygen atoms in total. The second kappa shape index (κ2) is 10.6. The number of thiazole rings is 1. The Morgan fingerprint density at radius 1 is 1.16 bits per heavy atom. The average Bonchev–Trinajstić information content (AvgIpc) is 3.47. The Morgan fingerprint density at radius 2 is 1.92 bits per heavy atom. The molecule has 0 N–H and O–H groups in total. The molecule has 0 aliphatic carbocycles. The number of hydrogen-bond donors (Lipinski definition) is 0. The van der Waals surface area contributed by atoms with Gasteiger partial charge in [0.05, 0.1) is 35.1 Å². The summed E-state index contributed by atoms with van der Waals surface area (Å²) in [5.41, 5.74) is 2.25. The van der Waals surface area contributed by atoms with Crippen molar-refractivity contribution in [3.05, 3.63) is 107 Å². The molecule has 0 spiro atoms. The molecule has 0 amide bonds. The number of ether oxygens (including phenoxy) is 2. The van der Waals surface area contributed by atoms with Gasteiger partial charge in [0.1, 0.15) is 17.3 Å². The van der Waals surface area contributed by atoms with E-state index in [1.54, 1.807) is 50.7 Å². The van der Waals surface area contributed by atoms with Gasteiger partial charge in [-0.2, -0.15) is 0 Å². The molecule has 0 saturated heterocycles. The summed E-state index contributed by atoms with van der Waals surface area (Å²) in [5.74, 6) is 1.41. The molecule has 0 radical (unpaired) electrons. The van der Waals surface area contributed by atoms with Crippen LogP contribution in [0.3, 0.4) is 0 Å². The fourth-order valence-corrected chi connectivity index (χ4v) is 5.74. The zero-order chi connectivity index (χ0) is 27.0. The lowest BCUT2D eigenvalue weighted by atomic mass is 9.96. The third kappa shape index (κ3) is 5.04. The number of aromatic nitrogens is 1. The fourth-order valence-electron chi connectivity index (χ4n) is 4.32. The minimum atomic E-state index is -0.695. The lowest BCUT2D eigenvalue weighted by molar-refractivity contribution is -0.143. The van der Waals surface area contributed by atoms with Crippen molar-refractivity contribution >= 4 is 39.3 Å². The van der Waals surface area contributed by atoms with Crippen molar-refractivity contribution in [1.82, 2.24) is 4.57 Å². The Hall–Kier alpha value is -3.69. The minimum Gasteiger partial charge on any atom is -0.497 e. The molecule has 1 aliphatic rings. The number of allylic oxidation sites excluding steroid dienone is 1. The lowest BCUT2D eigenvalue weighted by Gasteiger charge is -2.25. The molecule has 0 fully saturated rings. The van der Waals surface area contributed by atoms with E-state index in [1.807, 2.05) is 48.5 Å². The first-order valence-corrected chi connectivity index (χ1v) is 13.6. The molecule has 194 valence electrons. The molecule has 2 aromatic carbocycles. The average molecular weight is 593 g/mol. The van der Waals surface area contributed by atoms with E-state index in [9.17, 15) is 9.59 Å². The zero-order valence-electron chi connectivity index (χ0n) is 21.2. The molecule has 0 unspecified atom stereocenters. The minimum absolute atomic E-state index is 0.266. The standard InChI is InChI=1S/C29H25BrN2O5S/c1-16(2)36-28(34)25-17(3)31-29-32(26(25)18-8-10-21(35-4)11-9-18)27(33)24(38-29)15-22-12-13-23(37-22)19-6-5-7-20(30)14-19/h5-16,26H,1-4H3/b24-15+/t26-/m1/s1. The summed E-state index contributed by atoms with van der Waals surface area (Å²) in [7, 11) is 1.59. The maximum absolute atomic E-state index is 13.8. The van der Waals surface area contributed by atoms with Crippen LogP contribution in [-0.4, -0.2) is 23.8 Å². The van der Waals surface area contributed by atoms with Crippen LogP contribution in [-0.2, 0) is 9.53 Å². The van der Waals surface area contributed by atoms with Crippen LogP contribution in [0.15, 0.2) is 90.6 Å². The van der Waals surface area contributed by atoms with Gasteiger partial charge in [-0.1, -0.05) is 51.5 Å². The van der Waals surface area contributed by atoms with Crippen LogP contribution < -0.4 is 19.6 Å². The fraction of sp³-hybridized carbons (Fsp3) is 0.207. The monoisotopic (exact) mass is 592 g/mol. The van der Waals surface area contributed by atoms with E-state index in [2.05, 4.69) is 20.9 Å². The maximum Gasteiger partial charge on any atom is 0.338 e. The first-order valence-electron chi connectivity index (χ1n) is 12.0. The van der Waals surface area contributed by atoms with Gasteiger partial charge in [-0.3, -0.25) is 9.36 Å². The van der Waals surface area contributed by atoms with Crippen LogP contribution >= 0.6 is 27.3 Å². The van der Waals surface area contributed by atoms with E-state index in [-0.39, 0.29) is 11.7 Å². The van der Waals surface area contributed by atoms with Gasteiger partial charge in [-0.25, -0.2) is 9.79 Å². The summed E-state index contributed by atoms with van der Waals surface area (Å²) in [5, 5.41) is 0. The molecule has 4 aromatic rings. The number of halogens is 1. The number of nitrogens with zero attached hydrogens (tertiary/aromatic N) is 2. The van der Waals surface area contributed by atoms with Crippen molar-refractivity contribution < 1.29 is 18.7 Å². The van der Waals surface area contributed by atoms with Crippen molar-refractivity contribution in [3.8, 4) is 17.1 Å². The lowest BCUT2D eigenvalue weighted by Crippen LogP contribution is -2.40. The van der Waals surface area contributed by atoms with E-state index in [0.717, 1.165) is 15.6 Å². The third-order valence-electron chi connectivity index (χ3n) is 6.03. The van der Waals surface area contributed by atoms with E-state index in [0.29, 0.717) is 37.9 Å². The SMILES string of the molecule is COc1ccc([C@@H]2C(C(=O)OC(C)C)=C(C)N=c3s/c(=C/c4ccc(-c5cccc(Br)c5)o4)c(=O)n32)cc1. The van der Waals surface area contributed by atoms with E-state index >= 15 is 0 Å². The predicted molar refractivity (Wildman–Crippen MR) is 150 cm³/mol. The third-order valence-corrected chi connectivity index (χ3v) is 7.50. The van der Waals surface area contributed by atoms with Crippen LogP contribution in [0.2, 0.25) is 0 Å². The highest BCUT2D eigenvalue weighted by atomic mass is 79.9. The smallest absolute Gasteiger partial charge is 0.338 e. The number of carbonyl (C=O) groups is 1. The number of esters is 1. The molecular weight excluding hydrogens is 568 g/mol. The van der Waals surface area contributed by atoms with Gasteiger partial charge in [0.2, 0.25) is 0 Å². The molecule has 3 heterocycles. The maximum atomic E-state index is 13.8. The van der Waals surface area contributed by atoms with Crippen molar-refractivity contribution in [2.24, 2.45) is 4.99 Å². The Kier molecular flexibility index (Phi) is 7.23. The van der Waals surface area contributed by atoms with Gasteiger partial charge in [-0.15, -0.1) is 0 Å². The highest BCUT2D eigenvalue weighted by Crippen LogP contribution is 2.32. The van der Waals surface area contributed by atoms with Gasteiger partial charge in [0.15, 0.2) is 4.80 Å². The number of hydrogen-bond acceptors (Lipinski definition) is 7. The zero-order valence-corrected chi connectivity index (χ0v) is 23.6. The number of methoxy groups -OCH3 is 1. The first-order chi connectivity index (χ1) is 18.2. The van der Waals surface area contributed by atoms with Crippen molar-refractivity contribution in [1.29, 1.82) is 0 Å². The number of carbonyl (C=O) groups excluding carboxylic acids is 1. The summed E-state index contributed by atoms with van der Waals surface area (Å²) in [6.45, 7) is 5.34. The molecule has 38 heavy (non-hydrogen) atoms. The van der Waals surface area contributed by atoms with Gasteiger partial charge >= 0.3 is 5.97 Å². The largest absolute Gasteiger partial charge is 0.497 e. The highest BCUT2D eigenvalue weighted by Gasteiger charge is 2.33. The van der Waals surface area contributed by atoms with Crippen molar-refractivity contribution in [2.75, 3.05) is 7.11 Å². The van der Waals surface area contributed by atoms with Crippen LogP contribution in [0.5, 0.6) is 5.75 Å². The molecule has 1 atom stereocenters. The van der Waals surface area contributed by atoms with Crippen LogP contribution in [0.4, 0.5) is 0 Å². The summed E-state index contributed by atoms with van der Waals surface area (Å²) < 4.78 is 19.8. The molecule has 2 aromatic heterocycles. The second-order valence-electron chi connectivity index (χ2n) is 9.02.